The van der Waals surface area contributed by atoms with Crippen LogP contribution < -0.4 is 10.2 Å². The van der Waals surface area contributed by atoms with Gasteiger partial charge in [0.15, 0.2) is 5.11 Å². The molecule has 5 rings (SSSR count). The Balaban J connectivity index is 1.61. The number of thiocarbonyl (C=S) groups is 1. The molecule has 4 aromatic rings. The molecule has 1 fully saturated rings. The molecule has 2 atom stereocenters. The Labute approximate surface area is 195 Å². The van der Waals surface area contributed by atoms with Crippen LogP contribution in [-0.4, -0.2) is 14.7 Å². The second kappa shape index (κ2) is 8.29. The molecular weight excluding hydrogens is 468 g/mol. The quantitative estimate of drug-likeness (QED) is 0.350. The molecule has 2 aromatic carbocycles. The van der Waals surface area contributed by atoms with E-state index in [9.17, 15) is 0 Å². The standard InChI is InChI=1S/C25H21BrN4S/c1-17-15-20(10-11-21(17)26)30-24(23(28-25(30)31)22-9-5-6-13-27-22)18-12-14-29(16-18)19-7-3-2-4-8-19/h2-16,23-24H,1H3,(H,28,31)/t23-,24+/m0/s1. The van der Waals surface area contributed by atoms with Gasteiger partial charge in [0.1, 0.15) is 0 Å². The molecule has 4 nitrogen and oxygen atoms in total. The highest BCUT2D eigenvalue weighted by Gasteiger charge is 2.41. The van der Waals surface area contributed by atoms with Crippen molar-refractivity contribution in [1.82, 2.24) is 14.9 Å². The van der Waals surface area contributed by atoms with Crippen LogP contribution >= 0.6 is 28.1 Å². The summed E-state index contributed by atoms with van der Waals surface area (Å²) in [6.45, 7) is 2.09. The Bertz CT molecular complexity index is 1220. The van der Waals surface area contributed by atoms with Crippen molar-refractivity contribution in [2.24, 2.45) is 0 Å². The molecule has 31 heavy (non-hydrogen) atoms. The van der Waals surface area contributed by atoms with Crippen LogP contribution in [0.3, 0.4) is 0 Å². The summed E-state index contributed by atoms with van der Waals surface area (Å²) in [6, 6.07) is 24.8. The summed E-state index contributed by atoms with van der Waals surface area (Å²) in [6.07, 6.45) is 6.12. The van der Waals surface area contributed by atoms with Gasteiger partial charge in [-0.3, -0.25) is 4.98 Å². The third-order valence-corrected chi connectivity index (χ3v) is 6.83. The topological polar surface area (TPSA) is 33.1 Å². The first-order valence-electron chi connectivity index (χ1n) is 10.1. The number of aromatic nitrogens is 2. The van der Waals surface area contributed by atoms with E-state index < -0.39 is 0 Å². The number of rotatable bonds is 4. The average Bonchev–Trinajstić information content (AvgIpc) is 3.41. The average molecular weight is 489 g/mol. The SMILES string of the molecule is Cc1cc(N2C(=S)N[C@@H](c3ccccn3)[C@H]2c2ccn(-c3ccccc3)c2)ccc1Br. The van der Waals surface area contributed by atoms with Crippen molar-refractivity contribution in [3.8, 4) is 5.69 Å². The van der Waals surface area contributed by atoms with Crippen LogP contribution in [0.15, 0.2) is 95.9 Å². The number of aryl methyl sites for hydroxylation is 1. The number of hydrogen-bond donors (Lipinski definition) is 1. The maximum Gasteiger partial charge on any atom is 0.174 e. The second-order valence-electron chi connectivity index (χ2n) is 7.62. The fourth-order valence-corrected chi connectivity index (χ4v) is 4.69. The van der Waals surface area contributed by atoms with Crippen molar-refractivity contribution < 1.29 is 0 Å². The summed E-state index contributed by atoms with van der Waals surface area (Å²) >= 11 is 9.43. The van der Waals surface area contributed by atoms with Crippen LogP contribution in [0.25, 0.3) is 5.69 Å². The summed E-state index contributed by atoms with van der Waals surface area (Å²) in [5.74, 6) is 0. The third-order valence-electron chi connectivity index (χ3n) is 5.63. The monoisotopic (exact) mass is 488 g/mol. The van der Waals surface area contributed by atoms with Gasteiger partial charge in [0.05, 0.1) is 17.8 Å². The van der Waals surface area contributed by atoms with Gasteiger partial charge in [-0.05, 0) is 78.8 Å². The molecule has 6 heteroatoms. The zero-order valence-electron chi connectivity index (χ0n) is 16.9. The number of nitrogens with one attached hydrogen (secondary N) is 1. The molecule has 0 unspecified atom stereocenters. The summed E-state index contributed by atoms with van der Waals surface area (Å²) in [7, 11) is 0. The molecule has 0 aliphatic carbocycles. The molecule has 0 saturated carbocycles. The van der Waals surface area contributed by atoms with Crippen molar-refractivity contribution in [2.45, 2.75) is 19.0 Å². The maximum absolute atomic E-state index is 5.82. The van der Waals surface area contributed by atoms with Crippen molar-refractivity contribution in [2.75, 3.05) is 4.90 Å². The van der Waals surface area contributed by atoms with Crippen LogP contribution in [0.2, 0.25) is 0 Å². The van der Waals surface area contributed by atoms with Gasteiger partial charge in [-0.2, -0.15) is 0 Å². The number of para-hydroxylation sites is 1. The summed E-state index contributed by atoms with van der Waals surface area (Å²) in [5, 5.41) is 4.23. The lowest BCUT2D eigenvalue weighted by Crippen LogP contribution is -2.29. The molecule has 1 saturated heterocycles. The van der Waals surface area contributed by atoms with Gasteiger partial charge < -0.3 is 14.8 Å². The van der Waals surface area contributed by atoms with E-state index in [1.165, 1.54) is 11.1 Å². The van der Waals surface area contributed by atoms with Crippen molar-refractivity contribution in [3.05, 3.63) is 113 Å². The summed E-state index contributed by atoms with van der Waals surface area (Å²) in [5.41, 5.74) is 5.50. The smallest absolute Gasteiger partial charge is 0.174 e. The van der Waals surface area contributed by atoms with Gasteiger partial charge in [0, 0.05) is 34.4 Å². The lowest BCUT2D eigenvalue weighted by molar-refractivity contribution is 0.568. The van der Waals surface area contributed by atoms with Crippen LogP contribution in [-0.2, 0) is 0 Å². The molecule has 1 N–H and O–H groups in total. The minimum Gasteiger partial charge on any atom is -0.351 e. The molecule has 0 spiro atoms. The molecule has 1 aliphatic heterocycles. The van der Waals surface area contributed by atoms with Crippen LogP contribution in [0.5, 0.6) is 0 Å². The highest BCUT2D eigenvalue weighted by molar-refractivity contribution is 9.10. The highest BCUT2D eigenvalue weighted by Crippen LogP contribution is 2.42. The predicted octanol–water partition coefficient (Wildman–Crippen LogP) is 6.12. The largest absolute Gasteiger partial charge is 0.351 e. The Morgan fingerprint density at radius 2 is 1.77 bits per heavy atom. The lowest BCUT2D eigenvalue weighted by Gasteiger charge is -2.27. The number of pyridine rings is 1. The summed E-state index contributed by atoms with van der Waals surface area (Å²) < 4.78 is 3.24. The molecule has 154 valence electrons. The van der Waals surface area contributed by atoms with Crippen molar-refractivity contribution in [3.63, 3.8) is 0 Å². The van der Waals surface area contributed by atoms with E-state index in [0.717, 1.165) is 21.5 Å². The Hall–Kier alpha value is -2.96. The zero-order valence-corrected chi connectivity index (χ0v) is 19.3. The number of nitrogens with zero attached hydrogens (tertiary/aromatic N) is 3. The summed E-state index contributed by atoms with van der Waals surface area (Å²) in [4.78, 5) is 6.84. The molecule has 1 aliphatic rings. The van der Waals surface area contributed by atoms with E-state index >= 15 is 0 Å². The van der Waals surface area contributed by atoms with Gasteiger partial charge >= 0.3 is 0 Å². The molecule has 0 bridgehead atoms. The van der Waals surface area contributed by atoms with E-state index in [1.54, 1.807) is 0 Å². The van der Waals surface area contributed by atoms with Gasteiger partial charge in [0.2, 0.25) is 0 Å². The second-order valence-corrected chi connectivity index (χ2v) is 8.86. The van der Waals surface area contributed by atoms with Crippen LogP contribution in [0.1, 0.15) is 28.9 Å². The van der Waals surface area contributed by atoms with Gasteiger partial charge in [-0.25, -0.2) is 0 Å². The molecule has 0 radical (unpaired) electrons. The van der Waals surface area contributed by atoms with E-state index in [1.807, 2.05) is 24.4 Å². The number of hydrogen-bond acceptors (Lipinski definition) is 2. The maximum atomic E-state index is 5.82. The van der Waals surface area contributed by atoms with E-state index in [-0.39, 0.29) is 12.1 Å². The Morgan fingerprint density at radius 1 is 0.968 bits per heavy atom. The normalized spacial score (nSPS) is 18.3. The van der Waals surface area contributed by atoms with Crippen LogP contribution in [0.4, 0.5) is 5.69 Å². The predicted molar refractivity (Wildman–Crippen MR) is 133 cm³/mol. The van der Waals surface area contributed by atoms with Crippen LogP contribution in [0, 0.1) is 6.92 Å². The minimum absolute atomic E-state index is 0.0204. The number of halogens is 1. The first-order chi connectivity index (χ1) is 15.1. The Kier molecular flexibility index (Phi) is 5.34. The molecule has 3 heterocycles. The number of anilines is 1. The van der Waals surface area contributed by atoms with Gasteiger partial charge in [-0.1, -0.05) is 40.2 Å². The van der Waals surface area contributed by atoms with Gasteiger partial charge in [-0.15, -0.1) is 0 Å². The molecule has 2 aromatic heterocycles. The molecular formula is C25H21BrN4S. The third kappa shape index (κ3) is 3.77. The van der Waals surface area contributed by atoms with E-state index in [2.05, 4.69) is 110 Å². The highest BCUT2D eigenvalue weighted by atomic mass is 79.9. The number of benzene rings is 2. The fourth-order valence-electron chi connectivity index (χ4n) is 4.10. The lowest BCUT2D eigenvalue weighted by atomic mass is 9.98. The fraction of sp³-hybridized carbons (Fsp3) is 0.120. The minimum atomic E-state index is -0.0516. The van der Waals surface area contributed by atoms with Gasteiger partial charge in [0.25, 0.3) is 0 Å². The molecule has 0 amide bonds. The van der Waals surface area contributed by atoms with E-state index in [0.29, 0.717) is 5.11 Å². The Morgan fingerprint density at radius 3 is 2.52 bits per heavy atom. The zero-order chi connectivity index (χ0) is 21.4. The van der Waals surface area contributed by atoms with Crippen molar-refractivity contribution in [1.29, 1.82) is 0 Å². The first-order valence-corrected chi connectivity index (χ1v) is 11.3. The van der Waals surface area contributed by atoms with E-state index in [4.69, 9.17) is 12.2 Å². The first kappa shape index (κ1) is 20.0. The van der Waals surface area contributed by atoms with Crippen molar-refractivity contribution >= 4 is 38.9 Å².